The Morgan fingerprint density at radius 1 is 0.804 bits per heavy atom. The molecule has 56 heavy (non-hydrogen) atoms. The second-order valence-corrected chi connectivity index (χ2v) is 14.9. The van der Waals surface area contributed by atoms with Gasteiger partial charge in [-0.05, 0) is 109 Å². The number of piperidine rings is 1. The first kappa shape index (κ1) is 40.9. The molecule has 298 valence electrons. The summed E-state index contributed by atoms with van der Waals surface area (Å²) in [6, 6.07) is 20.3. The van der Waals surface area contributed by atoms with Crippen molar-refractivity contribution in [3.8, 4) is 16.9 Å². The third-order valence-electron chi connectivity index (χ3n) is 10.6. The summed E-state index contributed by atoms with van der Waals surface area (Å²) >= 11 is 6.01. The van der Waals surface area contributed by atoms with Crippen molar-refractivity contribution in [1.29, 1.82) is 0 Å². The first-order valence-electron chi connectivity index (χ1n) is 18.3. The van der Waals surface area contributed by atoms with Gasteiger partial charge >= 0.3 is 18.1 Å². The van der Waals surface area contributed by atoms with Crippen molar-refractivity contribution in [2.45, 2.75) is 99.8 Å². The van der Waals surface area contributed by atoms with Crippen molar-refractivity contribution in [3.63, 3.8) is 0 Å². The van der Waals surface area contributed by atoms with Crippen LogP contribution in [0, 0.1) is 0 Å². The molecular weight excluding hydrogens is 761 g/mol. The number of nitrogens with two attached hydrogens (primary N) is 1. The van der Waals surface area contributed by atoms with Gasteiger partial charge in [0.15, 0.2) is 12.1 Å². The molecule has 1 saturated carbocycles. The molecule has 4 aromatic rings. The number of aliphatic hydroxyl groups excluding tert-OH is 1. The van der Waals surface area contributed by atoms with E-state index in [-0.39, 0.29) is 29.8 Å². The van der Waals surface area contributed by atoms with E-state index in [9.17, 15) is 27.9 Å². The average Bonchev–Trinajstić information content (AvgIpc) is 3.78. The number of benzene rings is 4. The van der Waals surface area contributed by atoms with E-state index in [4.69, 9.17) is 32.0 Å². The second kappa shape index (κ2) is 16.7. The van der Waals surface area contributed by atoms with Crippen molar-refractivity contribution < 1.29 is 51.3 Å². The van der Waals surface area contributed by atoms with Crippen LogP contribution >= 0.6 is 11.6 Å². The summed E-state index contributed by atoms with van der Waals surface area (Å²) in [5, 5.41) is 22.7. The minimum Gasteiger partial charge on any atom is -0.490 e. The number of aliphatic hydroxyl groups is 1. The van der Waals surface area contributed by atoms with Crippen molar-refractivity contribution >= 4 is 40.2 Å². The molecule has 3 aliphatic rings. The molecule has 2 heterocycles. The zero-order chi connectivity index (χ0) is 40.4. The van der Waals surface area contributed by atoms with E-state index in [0.29, 0.717) is 36.3 Å². The molecule has 0 radical (unpaired) electrons. The van der Waals surface area contributed by atoms with Crippen molar-refractivity contribution in [3.05, 3.63) is 101 Å². The van der Waals surface area contributed by atoms with Crippen LogP contribution in [0.1, 0.15) is 68.6 Å². The van der Waals surface area contributed by atoms with Crippen LogP contribution in [0.15, 0.2) is 84.9 Å². The van der Waals surface area contributed by atoms with E-state index >= 15 is 8.78 Å². The van der Waals surface area contributed by atoms with Crippen LogP contribution in [-0.2, 0) is 20.3 Å². The Kier molecular flexibility index (Phi) is 12.2. The number of carbonyl (C=O) groups is 3. The van der Waals surface area contributed by atoms with E-state index in [1.165, 1.54) is 17.0 Å². The van der Waals surface area contributed by atoms with Gasteiger partial charge in [-0.2, -0.15) is 22.0 Å². The Balaban J connectivity index is 0.000000695. The number of nitrogens with zero attached hydrogens (tertiary/aromatic N) is 1. The zero-order valence-electron chi connectivity index (χ0n) is 30.0. The Bertz CT molecular complexity index is 2030. The van der Waals surface area contributed by atoms with Crippen LogP contribution in [0.3, 0.4) is 0 Å². The van der Waals surface area contributed by atoms with E-state index in [1.54, 1.807) is 54.6 Å². The van der Waals surface area contributed by atoms with Crippen LogP contribution in [0.2, 0.25) is 5.02 Å². The molecule has 2 bridgehead atoms. The molecule has 2 saturated heterocycles. The number of rotatable bonds is 9. The van der Waals surface area contributed by atoms with Crippen LogP contribution < -0.4 is 15.8 Å². The highest BCUT2D eigenvalue weighted by Crippen LogP contribution is 2.40. The summed E-state index contributed by atoms with van der Waals surface area (Å²) in [5.41, 5.74) is 7.48. The fourth-order valence-electron chi connectivity index (χ4n) is 7.79. The molecule has 1 aliphatic carbocycles. The lowest BCUT2D eigenvalue weighted by Gasteiger charge is -2.41. The number of alkyl halides is 5. The molecule has 9 nitrogen and oxygen atoms in total. The van der Waals surface area contributed by atoms with Crippen LogP contribution in [0.25, 0.3) is 21.9 Å². The predicted octanol–water partition coefficient (Wildman–Crippen LogP) is 7.91. The molecule has 0 spiro atoms. The zero-order valence-corrected chi connectivity index (χ0v) is 30.8. The highest BCUT2D eigenvalue weighted by molar-refractivity contribution is 6.30. The van der Waals surface area contributed by atoms with Crippen molar-refractivity contribution in [2.75, 3.05) is 0 Å². The first-order chi connectivity index (χ1) is 26.5. The highest BCUT2D eigenvalue weighted by atomic mass is 35.5. The van der Waals surface area contributed by atoms with E-state index in [1.807, 2.05) is 18.2 Å². The van der Waals surface area contributed by atoms with Gasteiger partial charge in [0.25, 0.3) is 11.8 Å². The quantitative estimate of drug-likeness (QED) is 0.126. The maximum atomic E-state index is 16.6. The molecule has 2 aliphatic heterocycles. The summed E-state index contributed by atoms with van der Waals surface area (Å²) in [5.74, 6) is -7.77. The number of carboxylic acids is 1. The minimum atomic E-state index is -5.08. The van der Waals surface area contributed by atoms with Gasteiger partial charge in [0, 0.05) is 28.7 Å². The molecule has 0 aromatic heterocycles. The Morgan fingerprint density at radius 2 is 1.34 bits per heavy atom. The molecule has 15 heteroatoms. The normalized spacial score (nSPS) is 20.9. The smallest absolute Gasteiger partial charge is 0.490 e. The molecule has 4 aromatic carbocycles. The van der Waals surface area contributed by atoms with Gasteiger partial charge in [0.2, 0.25) is 0 Å². The first-order valence-corrected chi connectivity index (χ1v) is 18.7. The summed E-state index contributed by atoms with van der Waals surface area (Å²) in [6.07, 6.45) is 0.0591. The van der Waals surface area contributed by atoms with E-state index < -0.39 is 47.6 Å². The summed E-state index contributed by atoms with van der Waals surface area (Å²) < 4.78 is 71.0. The average molecular weight is 802 g/mol. The molecule has 4 atom stereocenters. The largest absolute Gasteiger partial charge is 0.490 e. The maximum absolute atomic E-state index is 16.6. The third-order valence-corrected chi connectivity index (χ3v) is 10.9. The van der Waals surface area contributed by atoms with Gasteiger partial charge in [-0.3, -0.25) is 9.59 Å². The van der Waals surface area contributed by atoms with Gasteiger partial charge in [-0.1, -0.05) is 66.2 Å². The Morgan fingerprint density at radius 3 is 1.91 bits per heavy atom. The lowest BCUT2D eigenvalue weighted by atomic mass is 9.93. The minimum absolute atomic E-state index is 0.115. The summed E-state index contributed by atoms with van der Waals surface area (Å²) in [4.78, 5) is 38.1. The monoisotopic (exact) mass is 801 g/mol. The Hall–Kier alpha value is -4.79. The SMILES string of the molecule is NC1CC2CCC(C1)N2C(=O)C(NC(=O)C(O)c1ccc2cc(OC3CCCC3)ccc2c1)C(F)(F)c1ccc(-c2ccc(Cl)cc2)cc1.O=C(O)C(F)(F)F. The second-order valence-electron chi connectivity index (χ2n) is 14.5. The highest BCUT2D eigenvalue weighted by Gasteiger charge is 2.53. The fourth-order valence-corrected chi connectivity index (χ4v) is 7.91. The van der Waals surface area contributed by atoms with Crippen LogP contribution in [0.4, 0.5) is 22.0 Å². The number of ether oxygens (including phenoxy) is 1. The van der Waals surface area contributed by atoms with Crippen LogP contribution in [0.5, 0.6) is 5.75 Å². The van der Waals surface area contributed by atoms with Crippen molar-refractivity contribution in [1.82, 2.24) is 10.2 Å². The molecule has 3 fully saturated rings. The molecule has 5 N–H and O–H groups in total. The lowest BCUT2D eigenvalue weighted by molar-refractivity contribution is -0.192. The number of aliphatic carboxylic acids is 1. The fraction of sp³-hybridized carbons (Fsp3) is 0.390. The van der Waals surface area contributed by atoms with Gasteiger partial charge in [0.05, 0.1) is 6.10 Å². The number of hydrogen-bond donors (Lipinski definition) is 4. The molecule has 7 rings (SSSR count). The van der Waals surface area contributed by atoms with E-state index in [0.717, 1.165) is 47.8 Å². The number of carbonyl (C=O) groups excluding carboxylic acids is 2. The van der Waals surface area contributed by atoms with E-state index in [2.05, 4.69) is 5.32 Å². The van der Waals surface area contributed by atoms with Crippen LogP contribution in [-0.4, -0.2) is 69.3 Å². The number of amides is 2. The van der Waals surface area contributed by atoms with Gasteiger partial charge in [0.1, 0.15) is 5.75 Å². The Labute approximate surface area is 324 Å². The van der Waals surface area contributed by atoms with Gasteiger partial charge in [-0.25, -0.2) is 4.79 Å². The lowest BCUT2D eigenvalue weighted by Crippen LogP contribution is -2.61. The number of hydrogen-bond acceptors (Lipinski definition) is 6. The van der Waals surface area contributed by atoms with Gasteiger partial charge < -0.3 is 30.9 Å². The number of fused-ring (bicyclic) bond motifs is 3. The number of carboxylic acid groups (broad SMARTS) is 1. The molecular formula is C41H41ClF5N3O6. The standard InChI is InChI=1S/C39H40ClF2N3O4.C2HF3O2/c40-29-14-9-24(10-15-29)23-7-12-28(13-8-23)39(41,42)36(38(48)45-31-16-17-32(45)22-30(43)21-31)44-37(47)35(46)27-6-5-26-20-34(18-11-25(26)19-27)49-33-3-1-2-4-33;3-2(4,5)1(6)7/h5-15,18-20,30-33,35-36,46H,1-4,16-17,21-22,43H2,(H,44,47);(H,6,7). The van der Waals surface area contributed by atoms with Crippen molar-refractivity contribution in [2.24, 2.45) is 5.73 Å². The number of halogens is 6. The predicted molar refractivity (Wildman–Crippen MR) is 199 cm³/mol. The maximum Gasteiger partial charge on any atom is 0.490 e. The molecule has 2 amide bonds. The molecule has 4 unspecified atom stereocenters. The van der Waals surface area contributed by atoms with Gasteiger partial charge in [-0.15, -0.1) is 0 Å². The summed E-state index contributed by atoms with van der Waals surface area (Å²) in [6.45, 7) is 0. The third kappa shape index (κ3) is 9.25. The number of nitrogens with one attached hydrogen (secondary N) is 1. The summed E-state index contributed by atoms with van der Waals surface area (Å²) in [7, 11) is 0. The topological polar surface area (TPSA) is 142 Å².